The maximum absolute atomic E-state index is 9.17. The van der Waals surface area contributed by atoms with Gasteiger partial charge in [-0.3, -0.25) is 4.90 Å². The first-order valence-electron chi connectivity index (χ1n) is 6.54. The average Bonchev–Trinajstić information content (AvgIpc) is 2.71. The highest BCUT2D eigenvalue weighted by molar-refractivity contribution is 4.93. The molecule has 0 aromatic heterocycles. The predicted octanol–water partition coefficient (Wildman–Crippen LogP) is 2.00. The molecule has 2 unspecified atom stereocenters. The van der Waals surface area contributed by atoms with E-state index in [9.17, 15) is 5.26 Å². The van der Waals surface area contributed by atoms with Crippen molar-refractivity contribution in [1.82, 2.24) is 10.2 Å². The van der Waals surface area contributed by atoms with Gasteiger partial charge in [-0.2, -0.15) is 5.26 Å². The van der Waals surface area contributed by atoms with Crippen molar-refractivity contribution in [2.45, 2.75) is 52.1 Å². The fourth-order valence-electron chi connectivity index (χ4n) is 2.42. The molecule has 1 rings (SSSR count). The lowest BCUT2D eigenvalue weighted by Gasteiger charge is -2.30. The van der Waals surface area contributed by atoms with Crippen LogP contribution in [0.15, 0.2) is 0 Å². The molecule has 1 fully saturated rings. The second-order valence-corrected chi connectivity index (χ2v) is 5.19. The van der Waals surface area contributed by atoms with Crippen LogP contribution < -0.4 is 5.32 Å². The van der Waals surface area contributed by atoms with Crippen molar-refractivity contribution in [3.63, 3.8) is 0 Å². The fraction of sp³-hybridized carbons (Fsp3) is 0.923. The van der Waals surface area contributed by atoms with E-state index in [1.807, 2.05) is 0 Å². The molecule has 0 aromatic rings. The summed E-state index contributed by atoms with van der Waals surface area (Å²) in [5.41, 5.74) is 0. The van der Waals surface area contributed by atoms with E-state index >= 15 is 0 Å². The highest BCUT2D eigenvalue weighted by atomic mass is 15.2. The van der Waals surface area contributed by atoms with Crippen molar-refractivity contribution in [3.05, 3.63) is 0 Å². The fourth-order valence-corrected chi connectivity index (χ4v) is 2.42. The molecule has 1 saturated heterocycles. The summed E-state index contributed by atoms with van der Waals surface area (Å²) in [4.78, 5) is 2.35. The largest absolute Gasteiger partial charge is 0.313 e. The molecule has 0 radical (unpaired) electrons. The van der Waals surface area contributed by atoms with Gasteiger partial charge in [0.15, 0.2) is 0 Å². The molecule has 0 aromatic carbocycles. The molecule has 1 aliphatic rings. The molecular weight excluding hydrogens is 198 g/mol. The minimum Gasteiger partial charge on any atom is -0.313 e. The zero-order valence-electron chi connectivity index (χ0n) is 10.9. The summed E-state index contributed by atoms with van der Waals surface area (Å²) >= 11 is 0. The van der Waals surface area contributed by atoms with Crippen LogP contribution in [0.1, 0.15) is 40.0 Å². The number of rotatable bonds is 6. The van der Waals surface area contributed by atoms with Gasteiger partial charge in [0.2, 0.25) is 0 Å². The molecule has 1 N–H and O–H groups in total. The summed E-state index contributed by atoms with van der Waals surface area (Å²) < 4.78 is 0. The Balaban J connectivity index is 2.51. The van der Waals surface area contributed by atoms with Gasteiger partial charge < -0.3 is 5.32 Å². The Morgan fingerprint density at radius 2 is 2.25 bits per heavy atom. The Hall–Kier alpha value is -0.590. The van der Waals surface area contributed by atoms with E-state index in [-0.39, 0.29) is 6.04 Å². The summed E-state index contributed by atoms with van der Waals surface area (Å²) in [6.07, 6.45) is 3.47. The molecule has 3 nitrogen and oxygen atoms in total. The highest BCUT2D eigenvalue weighted by Gasteiger charge is 2.23. The summed E-state index contributed by atoms with van der Waals surface area (Å²) in [5, 5.41) is 12.7. The van der Waals surface area contributed by atoms with Gasteiger partial charge >= 0.3 is 0 Å². The third-order valence-electron chi connectivity index (χ3n) is 3.19. The van der Waals surface area contributed by atoms with Crippen molar-refractivity contribution in [2.24, 2.45) is 5.92 Å². The molecular formula is C13H25N3. The van der Waals surface area contributed by atoms with Crippen LogP contribution >= 0.6 is 0 Å². The Bertz CT molecular complexity index is 226. The first-order valence-corrected chi connectivity index (χ1v) is 6.54. The molecule has 1 aliphatic heterocycles. The molecule has 0 aliphatic carbocycles. The summed E-state index contributed by atoms with van der Waals surface area (Å²) in [7, 11) is 0. The van der Waals surface area contributed by atoms with Crippen LogP contribution in [0.25, 0.3) is 0 Å². The molecule has 2 atom stereocenters. The molecule has 0 amide bonds. The minimum atomic E-state index is 0.0878. The second kappa shape index (κ2) is 6.88. The van der Waals surface area contributed by atoms with Gasteiger partial charge in [-0.25, -0.2) is 0 Å². The normalized spacial score (nSPS) is 22.6. The predicted molar refractivity (Wildman–Crippen MR) is 67.1 cm³/mol. The van der Waals surface area contributed by atoms with Gasteiger partial charge in [-0.05, 0) is 31.7 Å². The SMILES string of the molecule is CCC(C#N)N(CC(C)C)CC1CCCN1. The van der Waals surface area contributed by atoms with Crippen LogP contribution in [0.3, 0.4) is 0 Å². The monoisotopic (exact) mass is 223 g/mol. The quantitative estimate of drug-likeness (QED) is 0.748. The van der Waals surface area contributed by atoms with E-state index in [4.69, 9.17) is 0 Å². The molecule has 3 heteroatoms. The van der Waals surface area contributed by atoms with Crippen molar-refractivity contribution in [2.75, 3.05) is 19.6 Å². The zero-order valence-corrected chi connectivity index (χ0v) is 10.9. The maximum atomic E-state index is 9.17. The van der Waals surface area contributed by atoms with Gasteiger partial charge in [0.25, 0.3) is 0 Å². The summed E-state index contributed by atoms with van der Waals surface area (Å²) in [6, 6.07) is 3.12. The first kappa shape index (κ1) is 13.5. The number of hydrogen-bond donors (Lipinski definition) is 1. The zero-order chi connectivity index (χ0) is 12.0. The van der Waals surface area contributed by atoms with E-state index in [1.54, 1.807) is 0 Å². The summed E-state index contributed by atoms with van der Waals surface area (Å²) in [5.74, 6) is 0.629. The van der Waals surface area contributed by atoms with Gasteiger partial charge in [0, 0.05) is 19.1 Å². The standard InChI is InChI=1S/C13H25N3/c1-4-13(8-14)16(9-11(2)3)10-12-6-5-7-15-12/h11-13,15H,4-7,9-10H2,1-3H3. The van der Waals surface area contributed by atoms with Crippen LogP contribution in [0.5, 0.6) is 0 Å². The number of nitriles is 1. The highest BCUT2D eigenvalue weighted by Crippen LogP contribution is 2.12. The molecule has 16 heavy (non-hydrogen) atoms. The van der Waals surface area contributed by atoms with E-state index in [0.717, 1.165) is 26.1 Å². The van der Waals surface area contributed by atoms with E-state index in [0.29, 0.717) is 12.0 Å². The Labute approximate surface area is 99.8 Å². The van der Waals surface area contributed by atoms with Gasteiger partial charge in [0.1, 0.15) is 0 Å². The molecule has 0 bridgehead atoms. The van der Waals surface area contributed by atoms with Gasteiger partial charge in [-0.1, -0.05) is 20.8 Å². The third kappa shape index (κ3) is 4.11. The number of nitrogens with one attached hydrogen (secondary N) is 1. The van der Waals surface area contributed by atoms with Crippen LogP contribution in [-0.2, 0) is 0 Å². The minimum absolute atomic E-state index is 0.0878. The van der Waals surface area contributed by atoms with E-state index in [2.05, 4.69) is 37.1 Å². The second-order valence-electron chi connectivity index (χ2n) is 5.19. The Kier molecular flexibility index (Phi) is 5.79. The Morgan fingerprint density at radius 3 is 2.69 bits per heavy atom. The molecule has 0 spiro atoms. The average molecular weight is 223 g/mol. The van der Waals surface area contributed by atoms with Crippen molar-refractivity contribution in [3.8, 4) is 6.07 Å². The molecule has 1 heterocycles. The summed E-state index contributed by atoms with van der Waals surface area (Å²) in [6.45, 7) is 9.75. The van der Waals surface area contributed by atoms with E-state index in [1.165, 1.54) is 12.8 Å². The topological polar surface area (TPSA) is 39.1 Å². The van der Waals surface area contributed by atoms with Gasteiger partial charge in [-0.15, -0.1) is 0 Å². The Morgan fingerprint density at radius 1 is 1.50 bits per heavy atom. The van der Waals surface area contributed by atoms with Crippen LogP contribution in [-0.4, -0.2) is 36.6 Å². The van der Waals surface area contributed by atoms with E-state index < -0.39 is 0 Å². The van der Waals surface area contributed by atoms with Crippen LogP contribution in [0.4, 0.5) is 0 Å². The molecule has 0 saturated carbocycles. The van der Waals surface area contributed by atoms with Gasteiger partial charge in [0.05, 0.1) is 12.1 Å². The number of nitrogens with zero attached hydrogens (tertiary/aromatic N) is 2. The first-order chi connectivity index (χ1) is 7.67. The van der Waals surface area contributed by atoms with Crippen LogP contribution in [0.2, 0.25) is 0 Å². The maximum Gasteiger partial charge on any atom is 0.0975 e. The van der Waals surface area contributed by atoms with Crippen molar-refractivity contribution < 1.29 is 0 Å². The van der Waals surface area contributed by atoms with Crippen LogP contribution in [0, 0.1) is 17.2 Å². The lowest BCUT2D eigenvalue weighted by Crippen LogP contribution is -2.44. The smallest absolute Gasteiger partial charge is 0.0975 e. The lowest BCUT2D eigenvalue weighted by atomic mass is 10.1. The lowest BCUT2D eigenvalue weighted by molar-refractivity contribution is 0.188. The van der Waals surface area contributed by atoms with Crippen molar-refractivity contribution >= 4 is 0 Å². The number of hydrogen-bond acceptors (Lipinski definition) is 3. The van der Waals surface area contributed by atoms with Crippen molar-refractivity contribution in [1.29, 1.82) is 5.26 Å². The molecule has 92 valence electrons. The third-order valence-corrected chi connectivity index (χ3v) is 3.19.